The Bertz CT molecular complexity index is 294. The molecular formula is C9H9BrF2O2. The molecule has 0 spiro atoms. The molecule has 14 heavy (non-hydrogen) atoms. The highest BCUT2D eigenvalue weighted by Gasteiger charge is 2.14. The molecule has 0 heterocycles. The Kier molecular flexibility index (Phi) is 4.28. The third-order valence-electron chi connectivity index (χ3n) is 1.64. The van der Waals surface area contributed by atoms with Crippen LogP contribution < -0.4 is 4.74 Å². The zero-order chi connectivity index (χ0) is 10.6. The number of rotatable bonds is 4. The van der Waals surface area contributed by atoms with E-state index in [1.807, 2.05) is 0 Å². The number of aliphatic hydroxyl groups is 1. The van der Waals surface area contributed by atoms with Crippen LogP contribution in [0.4, 0.5) is 8.78 Å². The molecule has 1 atom stereocenters. The molecule has 0 aliphatic rings. The molecule has 0 radical (unpaired) electrons. The zero-order valence-corrected chi connectivity index (χ0v) is 8.75. The Labute approximate surface area is 88.6 Å². The topological polar surface area (TPSA) is 29.5 Å². The molecule has 0 amide bonds. The van der Waals surface area contributed by atoms with Crippen molar-refractivity contribution in [2.24, 2.45) is 0 Å². The van der Waals surface area contributed by atoms with E-state index in [0.29, 0.717) is 5.56 Å². The third-order valence-corrected chi connectivity index (χ3v) is 2.25. The summed E-state index contributed by atoms with van der Waals surface area (Å²) in [6, 6.07) is 6.17. The molecule has 0 saturated heterocycles. The van der Waals surface area contributed by atoms with E-state index in [-0.39, 0.29) is 11.1 Å². The molecule has 1 N–H and O–H groups in total. The summed E-state index contributed by atoms with van der Waals surface area (Å²) in [5.74, 6) is 0.00875. The van der Waals surface area contributed by atoms with E-state index in [4.69, 9.17) is 0 Å². The van der Waals surface area contributed by atoms with E-state index in [2.05, 4.69) is 20.7 Å². The first-order valence-corrected chi connectivity index (χ1v) is 5.05. The lowest BCUT2D eigenvalue weighted by atomic mass is 10.1. The van der Waals surface area contributed by atoms with Crippen LogP contribution in [-0.2, 0) is 0 Å². The molecule has 1 aromatic carbocycles. The molecule has 1 rings (SSSR count). The predicted octanol–water partition coefficient (Wildman–Crippen LogP) is 2.72. The second kappa shape index (κ2) is 5.26. The zero-order valence-electron chi connectivity index (χ0n) is 7.16. The molecule has 1 aromatic rings. The number of hydrogen-bond acceptors (Lipinski definition) is 2. The number of hydrogen-bond donors (Lipinski definition) is 1. The van der Waals surface area contributed by atoms with Crippen LogP contribution in [0.15, 0.2) is 24.3 Å². The second-order valence-corrected chi connectivity index (χ2v) is 3.23. The van der Waals surface area contributed by atoms with Gasteiger partial charge in [0.15, 0.2) is 0 Å². The van der Waals surface area contributed by atoms with Gasteiger partial charge in [-0.2, -0.15) is 8.78 Å². The number of alkyl halides is 3. The minimum Gasteiger partial charge on any atom is -0.434 e. The van der Waals surface area contributed by atoms with Crippen molar-refractivity contribution in [3.05, 3.63) is 29.8 Å². The summed E-state index contributed by atoms with van der Waals surface area (Å²) < 4.78 is 28.2. The van der Waals surface area contributed by atoms with Crippen molar-refractivity contribution in [3.63, 3.8) is 0 Å². The van der Waals surface area contributed by atoms with Crippen LogP contribution in [0.25, 0.3) is 0 Å². The maximum absolute atomic E-state index is 12.0. The summed E-state index contributed by atoms with van der Waals surface area (Å²) in [4.78, 5) is 0. The van der Waals surface area contributed by atoms with Crippen LogP contribution in [0, 0.1) is 0 Å². The highest BCUT2D eigenvalue weighted by Crippen LogP contribution is 2.27. The molecule has 0 aromatic heterocycles. The summed E-state index contributed by atoms with van der Waals surface area (Å²) in [5, 5.41) is 9.73. The van der Waals surface area contributed by atoms with Crippen molar-refractivity contribution < 1.29 is 18.6 Å². The normalized spacial score (nSPS) is 12.9. The fourth-order valence-electron chi connectivity index (χ4n) is 1.04. The van der Waals surface area contributed by atoms with Gasteiger partial charge < -0.3 is 9.84 Å². The Morgan fingerprint density at radius 1 is 1.36 bits per heavy atom. The number of aliphatic hydroxyl groups excluding tert-OH is 1. The maximum atomic E-state index is 12.0. The summed E-state index contributed by atoms with van der Waals surface area (Å²) in [7, 11) is 0. The maximum Gasteiger partial charge on any atom is 0.387 e. The first-order valence-electron chi connectivity index (χ1n) is 3.93. The first kappa shape index (κ1) is 11.4. The molecule has 0 saturated carbocycles. The average Bonchev–Trinajstić information content (AvgIpc) is 2.16. The summed E-state index contributed by atoms with van der Waals surface area (Å²) in [6.07, 6.45) is -0.843. The van der Waals surface area contributed by atoms with Crippen LogP contribution in [0.2, 0.25) is 0 Å². The standard InChI is InChI=1S/C9H9BrF2O2/c10-5-7(13)6-3-1-2-4-8(6)14-9(11)12/h1-4,7,9,13H,5H2/t7-/m0/s1. The van der Waals surface area contributed by atoms with Gasteiger partial charge >= 0.3 is 6.61 Å². The number of halogens is 3. The van der Waals surface area contributed by atoms with E-state index in [1.165, 1.54) is 6.07 Å². The van der Waals surface area contributed by atoms with E-state index in [0.717, 1.165) is 0 Å². The van der Waals surface area contributed by atoms with Crippen molar-refractivity contribution in [2.75, 3.05) is 5.33 Å². The van der Waals surface area contributed by atoms with Gasteiger partial charge in [0, 0.05) is 10.9 Å². The molecule has 2 nitrogen and oxygen atoms in total. The Morgan fingerprint density at radius 3 is 2.57 bits per heavy atom. The van der Waals surface area contributed by atoms with Crippen molar-refractivity contribution in [1.29, 1.82) is 0 Å². The molecular weight excluding hydrogens is 258 g/mol. The third kappa shape index (κ3) is 2.92. The lowest BCUT2D eigenvalue weighted by Gasteiger charge is -2.13. The molecule has 0 aliphatic heterocycles. The van der Waals surface area contributed by atoms with Crippen LogP contribution in [-0.4, -0.2) is 17.0 Å². The van der Waals surface area contributed by atoms with Gasteiger partial charge in [-0.25, -0.2) is 0 Å². The number of para-hydroxylation sites is 1. The van der Waals surface area contributed by atoms with Crippen molar-refractivity contribution in [1.82, 2.24) is 0 Å². The van der Waals surface area contributed by atoms with Crippen LogP contribution in [0.1, 0.15) is 11.7 Å². The second-order valence-electron chi connectivity index (χ2n) is 2.59. The lowest BCUT2D eigenvalue weighted by molar-refractivity contribution is -0.0513. The smallest absolute Gasteiger partial charge is 0.387 e. The van der Waals surface area contributed by atoms with E-state index >= 15 is 0 Å². The van der Waals surface area contributed by atoms with Gasteiger partial charge in [0.25, 0.3) is 0 Å². The minimum absolute atomic E-state index is 0.00875. The minimum atomic E-state index is -2.88. The fraction of sp³-hybridized carbons (Fsp3) is 0.333. The van der Waals surface area contributed by atoms with Gasteiger partial charge in [0.2, 0.25) is 0 Å². The Hall–Kier alpha value is -0.680. The first-order chi connectivity index (χ1) is 6.65. The Balaban J connectivity index is 2.91. The van der Waals surface area contributed by atoms with Gasteiger partial charge in [-0.05, 0) is 6.07 Å². The quantitative estimate of drug-likeness (QED) is 0.850. The number of ether oxygens (including phenoxy) is 1. The Morgan fingerprint density at radius 2 is 2.00 bits per heavy atom. The highest BCUT2D eigenvalue weighted by molar-refractivity contribution is 9.09. The molecule has 0 bridgehead atoms. The molecule has 5 heteroatoms. The van der Waals surface area contributed by atoms with Crippen LogP contribution in [0.3, 0.4) is 0 Å². The predicted molar refractivity (Wildman–Crippen MR) is 51.8 cm³/mol. The lowest BCUT2D eigenvalue weighted by Crippen LogP contribution is -2.07. The van der Waals surface area contributed by atoms with E-state index in [1.54, 1.807) is 18.2 Å². The van der Waals surface area contributed by atoms with Gasteiger partial charge in [0.05, 0.1) is 6.10 Å². The highest BCUT2D eigenvalue weighted by atomic mass is 79.9. The van der Waals surface area contributed by atoms with Gasteiger partial charge in [-0.15, -0.1) is 0 Å². The summed E-state index contributed by atoms with van der Waals surface area (Å²) in [6.45, 7) is -2.88. The SMILES string of the molecule is O[C@@H](CBr)c1ccccc1OC(F)F. The summed E-state index contributed by atoms with van der Waals surface area (Å²) in [5.41, 5.74) is 0.352. The fourth-order valence-corrected chi connectivity index (χ4v) is 1.39. The average molecular weight is 267 g/mol. The van der Waals surface area contributed by atoms with Gasteiger partial charge in [-0.1, -0.05) is 34.1 Å². The largest absolute Gasteiger partial charge is 0.434 e. The molecule has 0 aliphatic carbocycles. The van der Waals surface area contributed by atoms with Gasteiger partial charge in [-0.3, -0.25) is 0 Å². The molecule has 0 unspecified atom stereocenters. The van der Waals surface area contributed by atoms with Crippen molar-refractivity contribution in [3.8, 4) is 5.75 Å². The molecule has 0 fully saturated rings. The monoisotopic (exact) mass is 266 g/mol. The van der Waals surface area contributed by atoms with Gasteiger partial charge in [0.1, 0.15) is 5.75 Å². The van der Waals surface area contributed by atoms with Crippen LogP contribution in [0.5, 0.6) is 5.75 Å². The van der Waals surface area contributed by atoms with Crippen molar-refractivity contribution in [2.45, 2.75) is 12.7 Å². The summed E-state index contributed by atoms with van der Waals surface area (Å²) >= 11 is 3.06. The van der Waals surface area contributed by atoms with E-state index in [9.17, 15) is 13.9 Å². The van der Waals surface area contributed by atoms with Crippen LogP contribution >= 0.6 is 15.9 Å². The van der Waals surface area contributed by atoms with E-state index < -0.39 is 12.7 Å². The van der Waals surface area contributed by atoms with Crippen molar-refractivity contribution >= 4 is 15.9 Å². The molecule has 78 valence electrons. The number of benzene rings is 1.